The van der Waals surface area contributed by atoms with Crippen LogP contribution in [0.15, 0.2) is 0 Å². The number of aliphatic hydroxyl groups is 1. The van der Waals surface area contributed by atoms with E-state index in [9.17, 15) is 5.11 Å². The normalized spacial score (nSPS) is 34.5. The van der Waals surface area contributed by atoms with Gasteiger partial charge in [-0.05, 0) is 45.6 Å². The van der Waals surface area contributed by atoms with Gasteiger partial charge < -0.3 is 15.7 Å². The Bertz CT molecular complexity index is 218. The van der Waals surface area contributed by atoms with E-state index in [2.05, 4.69) is 11.9 Å². The van der Waals surface area contributed by atoms with Crippen LogP contribution in [-0.2, 0) is 0 Å². The highest BCUT2D eigenvalue weighted by Crippen LogP contribution is 2.31. The van der Waals surface area contributed by atoms with Crippen molar-refractivity contribution in [1.82, 2.24) is 4.90 Å². The Labute approximate surface area is 99.0 Å². The van der Waals surface area contributed by atoms with Crippen LogP contribution in [0.3, 0.4) is 0 Å². The lowest BCUT2D eigenvalue weighted by molar-refractivity contribution is 0.000212. The number of rotatable bonds is 3. The third kappa shape index (κ3) is 2.96. The minimum atomic E-state index is -0.395. The first-order valence-corrected chi connectivity index (χ1v) is 6.77. The topological polar surface area (TPSA) is 49.5 Å². The molecular formula is C13H26N2O. The zero-order chi connectivity index (χ0) is 11.6. The highest BCUT2D eigenvalue weighted by Gasteiger charge is 2.34. The van der Waals surface area contributed by atoms with Crippen molar-refractivity contribution in [1.29, 1.82) is 0 Å². The van der Waals surface area contributed by atoms with E-state index in [1.165, 1.54) is 25.7 Å². The maximum Gasteiger partial charge on any atom is 0.0774 e. The largest absolute Gasteiger partial charge is 0.389 e. The Morgan fingerprint density at radius 3 is 2.31 bits per heavy atom. The van der Waals surface area contributed by atoms with Gasteiger partial charge in [-0.1, -0.05) is 12.8 Å². The highest BCUT2D eigenvalue weighted by molar-refractivity contribution is 4.89. The minimum Gasteiger partial charge on any atom is -0.389 e. The first-order chi connectivity index (χ1) is 7.59. The van der Waals surface area contributed by atoms with Gasteiger partial charge >= 0.3 is 0 Å². The zero-order valence-electron chi connectivity index (χ0n) is 10.5. The smallest absolute Gasteiger partial charge is 0.0774 e. The summed E-state index contributed by atoms with van der Waals surface area (Å²) in [6.45, 7) is 0.854. The molecule has 3 N–H and O–H groups in total. The van der Waals surface area contributed by atoms with Crippen molar-refractivity contribution in [3.05, 3.63) is 0 Å². The zero-order valence-corrected chi connectivity index (χ0v) is 10.5. The number of likely N-dealkylation sites (N-methyl/N-ethyl adjacent to an activating group) is 1. The van der Waals surface area contributed by atoms with Gasteiger partial charge in [0, 0.05) is 18.6 Å². The van der Waals surface area contributed by atoms with Gasteiger partial charge in [0.05, 0.1) is 5.60 Å². The molecule has 0 heterocycles. The van der Waals surface area contributed by atoms with Crippen molar-refractivity contribution in [2.24, 2.45) is 5.73 Å². The summed E-state index contributed by atoms with van der Waals surface area (Å²) < 4.78 is 0. The van der Waals surface area contributed by atoms with Crippen molar-refractivity contribution in [2.75, 3.05) is 13.6 Å². The quantitative estimate of drug-likeness (QED) is 0.766. The fraction of sp³-hybridized carbons (Fsp3) is 1.00. The van der Waals surface area contributed by atoms with Crippen LogP contribution in [0.4, 0.5) is 0 Å². The fourth-order valence-electron chi connectivity index (χ4n) is 3.33. The molecule has 2 rings (SSSR count). The maximum absolute atomic E-state index is 10.4. The Kier molecular flexibility index (Phi) is 3.88. The second-order valence-electron chi connectivity index (χ2n) is 5.92. The van der Waals surface area contributed by atoms with E-state index in [0.717, 1.165) is 32.2 Å². The van der Waals surface area contributed by atoms with Crippen LogP contribution in [-0.4, -0.2) is 41.3 Å². The molecule has 0 atom stereocenters. The molecule has 3 nitrogen and oxygen atoms in total. The van der Waals surface area contributed by atoms with Crippen LogP contribution < -0.4 is 5.73 Å². The molecule has 0 aliphatic heterocycles. The number of nitrogens with two attached hydrogens (primary N) is 1. The third-order valence-corrected chi connectivity index (χ3v) is 4.44. The Balaban J connectivity index is 1.81. The van der Waals surface area contributed by atoms with Crippen molar-refractivity contribution in [3.63, 3.8) is 0 Å². The van der Waals surface area contributed by atoms with Crippen LogP contribution in [0.2, 0.25) is 0 Å². The van der Waals surface area contributed by atoms with Gasteiger partial charge in [-0.3, -0.25) is 0 Å². The van der Waals surface area contributed by atoms with E-state index < -0.39 is 5.60 Å². The summed E-state index contributed by atoms with van der Waals surface area (Å²) in [7, 11) is 2.16. The Morgan fingerprint density at radius 1 is 1.19 bits per heavy atom. The van der Waals surface area contributed by atoms with Crippen molar-refractivity contribution in [3.8, 4) is 0 Å². The molecule has 0 radical (unpaired) electrons. The van der Waals surface area contributed by atoms with E-state index in [1.54, 1.807) is 0 Å². The average molecular weight is 226 g/mol. The second kappa shape index (κ2) is 5.03. The Hall–Kier alpha value is -0.120. The van der Waals surface area contributed by atoms with E-state index >= 15 is 0 Å². The predicted molar refractivity (Wildman–Crippen MR) is 66.3 cm³/mol. The molecule has 0 amide bonds. The van der Waals surface area contributed by atoms with Gasteiger partial charge in [0.1, 0.15) is 0 Å². The van der Waals surface area contributed by atoms with Crippen LogP contribution in [0.1, 0.15) is 51.4 Å². The molecule has 2 fully saturated rings. The first kappa shape index (κ1) is 12.3. The van der Waals surface area contributed by atoms with E-state index in [4.69, 9.17) is 5.73 Å². The minimum absolute atomic E-state index is 0.395. The van der Waals surface area contributed by atoms with Gasteiger partial charge in [0.25, 0.3) is 0 Å². The lowest BCUT2D eigenvalue weighted by Gasteiger charge is -2.37. The SMILES string of the molecule is CN(CC1(O)CCCC1)C1CCC(N)CC1. The molecule has 0 spiro atoms. The summed E-state index contributed by atoms with van der Waals surface area (Å²) in [5.41, 5.74) is 5.52. The molecule has 0 bridgehead atoms. The summed E-state index contributed by atoms with van der Waals surface area (Å²) in [4.78, 5) is 2.37. The lowest BCUT2D eigenvalue weighted by atomic mass is 9.90. The number of hydrogen-bond donors (Lipinski definition) is 2. The van der Waals surface area contributed by atoms with Crippen LogP contribution >= 0.6 is 0 Å². The van der Waals surface area contributed by atoms with Crippen molar-refractivity contribution in [2.45, 2.75) is 69.1 Å². The highest BCUT2D eigenvalue weighted by atomic mass is 16.3. The van der Waals surface area contributed by atoms with Gasteiger partial charge in [-0.15, -0.1) is 0 Å². The number of nitrogens with zero attached hydrogens (tertiary/aromatic N) is 1. The van der Waals surface area contributed by atoms with E-state index in [-0.39, 0.29) is 0 Å². The molecule has 0 unspecified atom stereocenters. The molecular weight excluding hydrogens is 200 g/mol. The molecule has 2 saturated carbocycles. The molecule has 2 aliphatic carbocycles. The maximum atomic E-state index is 10.4. The van der Waals surface area contributed by atoms with Crippen molar-refractivity contribution >= 4 is 0 Å². The van der Waals surface area contributed by atoms with Gasteiger partial charge in [-0.25, -0.2) is 0 Å². The standard InChI is InChI=1S/C13H26N2O/c1-15(10-13(16)8-2-3-9-13)12-6-4-11(14)5-7-12/h11-12,16H,2-10,14H2,1H3. The van der Waals surface area contributed by atoms with Crippen LogP contribution in [0.25, 0.3) is 0 Å². The monoisotopic (exact) mass is 226 g/mol. The molecule has 0 aromatic heterocycles. The average Bonchev–Trinajstić information content (AvgIpc) is 2.65. The molecule has 16 heavy (non-hydrogen) atoms. The molecule has 94 valence electrons. The predicted octanol–water partition coefficient (Wildman–Crippen LogP) is 1.49. The summed E-state index contributed by atoms with van der Waals surface area (Å²) in [6.07, 6.45) is 9.06. The summed E-state index contributed by atoms with van der Waals surface area (Å²) in [5, 5.41) is 10.4. The molecule has 0 aromatic carbocycles. The van der Waals surface area contributed by atoms with Crippen LogP contribution in [0, 0.1) is 0 Å². The summed E-state index contributed by atoms with van der Waals surface area (Å²) in [6, 6.07) is 1.06. The summed E-state index contributed by atoms with van der Waals surface area (Å²) in [5.74, 6) is 0. The third-order valence-electron chi connectivity index (χ3n) is 4.44. The lowest BCUT2D eigenvalue weighted by Crippen LogP contribution is -2.46. The van der Waals surface area contributed by atoms with E-state index in [0.29, 0.717) is 12.1 Å². The molecule has 2 aliphatic rings. The molecule has 0 saturated heterocycles. The molecule has 3 heteroatoms. The molecule has 0 aromatic rings. The van der Waals surface area contributed by atoms with Crippen molar-refractivity contribution < 1.29 is 5.11 Å². The van der Waals surface area contributed by atoms with Gasteiger partial charge in [0.2, 0.25) is 0 Å². The van der Waals surface area contributed by atoms with Gasteiger partial charge in [0.15, 0.2) is 0 Å². The first-order valence-electron chi connectivity index (χ1n) is 6.77. The van der Waals surface area contributed by atoms with E-state index in [1.807, 2.05) is 0 Å². The van der Waals surface area contributed by atoms with Crippen LogP contribution in [0.5, 0.6) is 0 Å². The van der Waals surface area contributed by atoms with Gasteiger partial charge in [-0.2, -0.15) is 0 Å². The fourth-order valence-corrected chi connectivity index (χ4v) is 3.33. The second-order valence-corrected chi connectivity index (χ2v) is 5.92. The number of hydrogen-bond acceptors (Lipinski definition) is 3. The Morgan fingerprint density at radius 2 is 1.75 bits per heavy atom. The summed E-state index contributed by atoms with van der Waals surface area (Å²) >= 11 is 0.